The molecule has 0 N–H and O–H groups in total. The summed E-state index contributed by atoms with van der Waals surface area (Å²) >= 11 is 0. The van der Waals surface area contributed by atoms with Crippen LogP contribution in [0.15, 0.2) is 73.8 Å². The summed E-state index contributed by atoms with van der Waals surface area (Å²) in [4.78, 5) is 0. The van der Waals surface area contributed by atoms with Crippen LogP contribution in [0.25, 0.3) is 11.1 Å². The van der Waals surface area contributed by atoms with Gasteiger partial charge in [-0.05, 0) is 22.3 Å². The molecule has 0 bridgehead atoms. The van der Waals surface area contributed by atoms with Crippen LogP contribution in [0.3, 0.4) is 0 Å². The van der Waals surface area contributed by atoms with Crippen LogP contribution in [-0.2, 0) is 18.8 Å². The minimum Gasteiger partial charge on any atom is -0.243 e. The first-order valence-electron chi connectivity index (χ1n) is 6.98. The van der Waals surface area contributed by atoms with E-state index in [0.29, 0.717) is 11.1 Å². The quantitative estimate of drug-likeness (QED) is 0.741. The zero-order chi connectivity index (χ0) is 16.7. The van der Waals surface area contributed by atoms with Gasteiger partial charge in [0.2, 0.25) is 0 Å². The fourth-order valence-electron chi connectivity index (χ4n) is 1.83. The normalized spacial score (nSPS) is 11.1. The molecule has 5 heteroatoms. The Bertz CT molecular complexity index is 704. The first-order chi connectivity index (χ1) is 11.0. The number of hydrogen-bond acceptors (Lipinski definition) is 4. The Morgan fingerprint density at radius 2 is 1.09 bits per heavy atom. The van der Waals surface area contributed by atoms with E-state index < -0.39 is 10.4 Å². The highest BCUT2D eigenvalue weighted by molar-refractivity contribution is 7.81. The van der Waals surface area contributed by atoms with Gasteiger partial charge in [-0.25, -0.2) is 8.37 Å². The molecule has 0 fully saturated rings. The van der Waals surface area contributed by atoms with Gasteiger partial charge in [-0.15, -0.1) is 0 Å². The van der Waals surface area contributed by atoms with Crippen LogP contribution >= 0.6 is 0 Å². The average Bonchev–Trinajstić information content (AvgIpc) is 2.59. The summed E-state index contributed by atoms with van der Waals surface area (Å²) in [5.41, 5.74) is 2.74. The van der Waals surface area contributed by atoms with Gasteiger partial charge in [-0.1, -0.05) is 73.8 Å². The van der Waals surface area contributed by atoms with Crippen LogP contribution in [-0.4, -0.2) is 21.6 Å². The monoisotopic (exact) mass is 330 g/mol. The molecule has 0 heterocycles. The summed E-state index contributed by atoms with van der Waals surface area (Å²) in [7, 11) is -4.11. The molecule has 23 heavy (non-hydrogen) atoms. The predicted molar refractivity (Wildman–Crippen MR) is 91.8 cm³/mol. The highest BCUT2D eigenvalue weighted by Gasteiger charge is 2.14. The number of hydrogen-bond donors (Lipinski definition) is 0. The molecule has 0 unspecified atom stereocenters. The predicted octanol–water partition coefficient (Wildman–Crippen LogP) is 3.69. The summed E-state index contributed by atoms with van der Waals surface area (Å²) in [6.07, 6.45) is 0. The molecule has 4 nitrogen and oxygen atoms in total. The molecule has 120 valence electrons. The minimum atomic E-state index is -4.11. The summed E-state index contributed by atoms with van der Waals surface area (Å²) < 4.78 is 33.2. The second-order valence-corrected chi connectivity index (χ2v) is 6.16. The Balaban J connectivity index is 1.85. The topological polar surface area (TPSA) is 52.6 Å². The zero-order valence-electron chi connectivity index (χ0n) is 12.6. The molecular weight excluding hydrogens is 312 g/mol. The molecule has 2 rings (SSSR count). The van der Waals surface area contributed by atoms with E-state index in [1.165, 1.54) is 0 Å². The van der Waals surface area contributed by atoms with Crippen LogP contribution in [0.1, 0.15) is 11.1 Å². The van der Waals surface area contributed by atoms with Crippen molar-refractivity contribution < 1.29 is 16.8 Å². The SMILES string of the molecule is C=C(COS(=O)(=O)OCC(=C)c1ccccc1)c1ccccc1. The molecule has 0 saturated carbocycles. The summed E-state index contributed by atoms with van der Waals surface area (Å²) in [5, 5.41) is 0. The smallest absolute Gasteiger partial charge is 0.243 e. The third kappa shape index (κ3) is 5.49. The van der Waals surface area contributed by atoms with Gasteiger partial charge in [0.25, 0.3) is 0 Å². The molecule has 0 spiro atoms. The van der Waals surface area contributed by atoms with Gasteiger partial charge < -0.3 is 0 Å². The Morgan fingerprint density at radius 1 is 0.739 bits per heavy atom. The van der Waals surface area contributed by atoms with Gasteiger partial charge in [0.1, 0.15) is 0 Å². The third-order valence-electron chi connectivity index (χ3n) is 3.12. The van der Waals surface area contributed by atoms with Gasteiger partial charge in [0, 0.05) is 0 Å². The van der Waals surface area contributed by atoms with Crippen molar-refractivity contribution in [2.75, 3.05) is 13.2 Å². The van der Waals surface area contributed by atoms with Crippen LogP contribution < -0.4 is 0 Å². The zero-order valence-corrected chi connectivity index (χ0v) is 13.5. The molecule has 0 radical (unpaired) electrons. The maximum absolute atomic E-state index is 11.8. The van der Waals surface area contributed by atoms with Gasteiger partial charge >= 0.3 is 10.4 Å². The molecule has 2 aromatic rings. The maximum atomic E-state index is 11.8. The molecule has 0 aliphatic rings. The van der Waals surface area contributed by atoms with Crippen molar-refractivity contribution in [1.82, 2.24) is 0 Å². The van der Waals surface area contributed by atoms with E-state index in [4.69, 9.17) is 8.37 Å². The summed E-state index contributed by atoms with van der Waals surface area (Å²) in [6.45, 7) is 7.29. The molecule has 2 aromatic carbocycles. The van der Waals surface area contributed by atoms with Crippen molar-refractivity contribution in [1.29, 1.82) is 0 Å². The Kier molecular flexibility index (Phi) is 5.87. The number of benzene rings is 2. The van der Waals surface area contributed by atoms with Gasteiger partial charge in [0.15, 0.2) is 0 Å². The van der Waals surface area contributed by atoms with E-state index in [1.54, 1.807) is 0 Å². The largest absolute Gasteiger partial charge is 0.400 e. The second kappa shape index (κ2) is 7.87. The van der Waals surface area contributed by atoms with Crippen molar-refractivity contribution in [3.8, 4) is 0 Å². The second-order valence-electron chi connectivity index (χ2n) is 4.87. The fraction of sp³-hybridized carbons (Fsp3) is 0.111. The van der Waals surface area contributed by atoms with Crippen molar-refractivity contribution >= 4 is 21.5 Å². The number of rotatable bonds is 8. The fourth-order valence-corrected chi connectivity index (χ4v) is 2.48. The van der Waals surface area contributed by atoms with Crippen LogP contribution in [0, 0.1) is 0 Å². The lowest BCUT2D eigenvalue weighted by Gasteiger charge is -2.09. The first kappa shape index (κ1) is 17.1. The van der Waals surface area contributed by atoms with Gasteiger partial charge in [-0.3, -0.25) is 0 Å². The summed E-state index contributed by atoms with van der Waals surface area (Å²) in [6, 6.07) is 18.4. The highest BCUT2D eigenvalue weighted by Crippen LogP contribution is 2.16. The van der Waals surface area contributed by atoms with E-state index in [9.17, 15) is 8.42 Å². The first-order valence-corrected chi connectivity index (χ1v) is 8.31. The van der Waals surface area contributed by atoms with E-state index in [1.807, 2.05) is 60.7 Å². The van der Waals surface area contributed by atoms with Crippen molar-refractivity contribution in [2.45, 2.75) is 0 Å². The van der Waals surface area contributed by atoms with E-state index in [0.717, 1.165) is 11.1 Å². The average molecular weight is 330 g/mol. The minimum absolute atomic E-state index is 0.163. The Labute approximate surface area is 137 Å². The van der Waals surface area contributed by atoms with Crippen LogP contribution in [0.2, 0.25) is 0 Å². The third-order valence-corrected chi connectivity index (χ3v) is 3.93. The lowest BCUT2D eigenvalue weighted by atomic mass is 10.1. The molecule has 0 aliphatic carbocycles. The van der Waals surface area contributed by atoms with Crippen LogP contribution in [0.5, 0.6) is 0 Å². The molecule has 0 saturated heterocycles. The van der Waals surface area contributed by atoms with E-state index in [-0.39, 0.29) is 13.2 Å². The van der Waals surface area contributed by atoms with Gasteiger partial charge in [-0.2, -0.15) is 8.42 Å². The maximum Gasteiger partial charge on any atom is 0.400 e. The Morgan fingerprint density at radius 3 is 1.43 bits per heavy atom. The standard InChI is InChI=1S/C18H18O4S/c1-15(17-9-5-3-6-10-17)13-21-23(19,20)22-14-16(2)18-11-7-4-8-12-18/h3-12H,1-2,13-14H2. The van der Waals surface area contributed by atoms with Crippen molar-refractivity contribution in [3.63, 3.8) is 0 Å². The van der Waals surface area contributed by atoms with E-state index >= 15 is 0 Å². The van der Waals surface area contributed by atoms with E-state index in [2.05, 4.69) is 13.2 Å². The highest BCUT2D eigenvalue weighted by atomic mass is 32.3. The van der Waals surface area contributed by atoms with Crippen LogP contribution in [0.4, 0.5) is 0 Å². The molecule has 0 amide bonds. The Hall–Kier alpha value is -2.21. The molecular formula is C18H18O4S. The molecule has 0 aromatic heterocycles. The lowest BCUT2D eigenvalue weighted by molar-refractivity contribution is 0.253. The van der Waals surface area contributed by atoms with Crippen molar-refractivity contribution in [3.05, 3.63) is 84.9 Å². The summed E-state index contributed by atoms with van der Waals surface area (Å²) in [5.74, 6) is 0. The molecule has 0 aliphatic heterocycles. The lowest BCUT2D eigenvalue weighted by Crippen LogP contribution is -2.13. The molecule has 0 atom stereocenters. The van der Waals surface area contributed by atoms with Gasteiger partial charge in [0.05, 0.1) is 13.2 Å². The van der Waals surface area contributed by atoms with Crippen molar-refractivity contribution in [2.24, 2.45) is 0 Å².